The molecule has 14 nitrogen and oxygen atoms in total. The summed E-state index contributed by atoms with van der Waals surface area (Å²) in [5.74, 6) is 2.07. The number of piperidine rings is 1. The number of benzene rings is 2. The average Bonchev–Trinajstić information content (AvgIpc) is 3.81. The first-order valence-corrected chi connectivity index (χ1v) is 22.2. The minimum Gasteiger partial charge on any atom is -0.507 e. The Balaban J connectivity index is 0.757. The van der Waals surface area contributed by atoms with E-state index in [9.17, 15) is 24.6 Å². The lowest BCUT2D eigenvalue weighted by Crippen LogP contribution is -2.70. The molecular weight excluding hydrogens is 783 g/mol. The molecule has 2 aromatic carbocycles. The van der Waals surface area contributed by atoms with Gasteiger partial charge in [-0.2, -0.15) is 0 Å². The standard InChI is InChI=1S/C48H59N9O5/c1-6-30-11-13-31(14-12-30)25-49-44(60)39-21-34(58)26-57(39)45(61)42(47(3,4)5)51-46(62)55-27-48(28-55)23-33(24-48)54-18-15-32(16-19-54)56-20-17-37-41(29(56)2)36-22-38(52-53-43(36)50-37)35-9-7-8-10-40(35)59/h1,7-14,22,29,32-34,39,42,58-59H,15-21,23-28H2,2-5H3,(H,49,60)(H,50,53)(H,51,62)/t29-,34-,39+,42-/m1/s1. The molecule has 9 rings (SSSR count). The van der Waals surface area contributed by atoms with Gasteiger partial charge in [-0.15, -0.1) is 16.6 Å². The third-order valence-electron chi connectivity index (χ3n) is 14.4. The second-order valence-corrected chi connectivity index (χ2v) is 19.6. The molecule has 5 N–H and O–H groups in total. The van der Waals surface area contributed by atoms with Crippen molar-refractivity contribution < 1.29 is 24.6 Å². The fourth-order valence-electron chi connectivity index (χ4n) is 11.0. The third-order valence-corrected chi connectivity index (χ3v) is 14.4. The number of phenolic OH excluding ortho intramolecular Hbond substituents is 1. The number of aliphatic hydroxyl groups excluding tert-OH is 1. The van der Waals surface area contributed by atoms with Gasteiger partial charge in [0.2, 0.25) is 11.8 Å². The fourth-order valence-corrected chi connectivity index (χ4v) is 11.0. The monoisotopic (exact) mass is 841 g/mol. The van der Waals surface area contributed by atoms with Crippen LogP contribution >= 0.6 is 0 Å². The molecule has 4 atom stereocenters. The van der Waals surface area contributed by atoms with Gasteiger partial charge in [-0.25, -0.2) is 4.79 Å². The number of amides is 4. The van der Waals surface area contributed by atoms with Crippen molar-refractivity contribution in [3.8, 4) is 29.4 Å². The van der Waals surface area contributed by atoms with Crippen LogP contribution in [0.2, 0.25) is 0 Å². The van der Waals surface area contributed by atoms with Gasteiger partial charge in [-0.1, -0.05) is 51.0 Å². The zero-order chi connectivity index (χ0) is 43.5. The molecule has 1 saturated carbocycles. The van der Waals surface area contributed by atoms with Crippen LogP contribution in [0.25, 0.3) is 22.3 Å². The Morgan fingerprint density at radius 1 is 1.02 bits per heavy atom. The van der Waals surface area contributed by atoms with Crippen LogP contribution in [0.15, 0.2) is 54.6 Å². The molecule has 6 heterocycles. The summed E-state index contributed by atoms with van der Waals surface area (Å²) < 4.78 is 0. The van der Waals surface area contributed by atoms with E-state index in [1.807, 2.05) is 68.1 Å². The zero-order valence-electron chi connectivity index (χ0n) is 36.2. The molecule has 5 aliphatic rings. The summed E-state index contributed by atoms with van der Waals surface area (Å²) in [7, 11) is 0. The van der Waals surface area contributed by atoms with Crippen LogP contribution in [0, 0.1) is 23.2 Å². The maximum absolute atomic E-state index is 14.1. The van der Waals surface area contributed by atoms with Crippen molar-refractivity contribution in [2.75, 3.05) is 39.3 Å². The first-order valence-electron chi connectivity index (χ1n) is 22.2. The summed E-state index contributed by atoms with van der Waals surface area (Å²) in [4.78, 5) is 53.4. The highest BCUT2D eigenvalue weighted by Crippen LogP contribution is 2.51. The normalized spacial score (nSPS) is 23.6. The number of nitrogens with zero attached hydrogens (tertiary/aromatic N) is 6. The van der Waals surface area contributed by atoms with Crippen molar-refractivity contribution in [2.45, 2.75) is 109 Å². The van der Waals surface area contributed by atoms with Crippen molar-refractivity contribution in [1.29, 1.82) is 0 Å². The molecule has 4 amide bonds. The Morgan fingerprint density at radius 3 is 2.44 bits per heavy atom. The fraction of sp³-hybridized carbons (Fsp3) is 0.521. The minimum absolute atomic E-state index is 0.0299. The second-order valence-electron chi connectivity index (χ2n) is 19.6. The van der Waals surface area contributed by atoms with E-state index in [1.165, 1.54) is 16.2 Å². The van der Waals surface area contributed by atoms with Gasteiger partial charge in [0.15, 0.2) is 5.65 Å². The lowest BCUT2D eigenvalue weighted by molar-refractivity contribution is -0.142. The van der Waals surface area contributed by atoms with Crippen LogP contribution in [-0.2, 0) is 22.6 Å². The Hall–Kier alpha value is -5.49. The van der Waals surface area contributed by atoms with Gasteiger partial charge < -0.3 is 40.5 Å². The average molecular weight is 842 g/mol. The van der Waals surface area contributed by atoms with Crippen molar-refractivity contribution in [3.63, 3.8) is 0 Å². The van der Waals surface area contributed by atoms with Crippen LogP contribution in [-0.4, -0.2) is 132 Å². The van der Waals surface area contributed by atoms with Crippen molar-refractivity contribution in [2.24, 2.45) is 10.8 Å². The number of likely N-dealkylation sites (tertiary alicyclic amines) is 3. The number of β-amino-alcohol motifs (C(OH)–C–C–N with tert-alkyl or cyclic N) is 1. The van der Waals surface area contributed by atoms with Crippen molar-refractivity contribution in [1.82, 2.24) is 45.4 Å². The molecule has 3 saturated heterocycles. The van der Waals surface area contributed by atoms with Crippen LogP contribution < -0.4 is 10.6 Å². The molecule has 4 aromatic rings. The quantitative estimate of drug-likeness (QED) is 0.160. The van der Waals surface area contributed by atoms with E-state index >= 15 is 0 Å². The predicted molar refractivity (Wildman–Crippen MR) is 236 cm³/mol. The van der Waals surface area contributed by atoms with E-state index in [1.54, 1.807) is 6.07 Å². The number of hydrogen-bond donors (Lipinski definition) is 5. The molecular formula is C48H59N9O5. The maximum atomic E-state index is 14.1. The number of H-pyrrole nitrogens is 1. The number of rotatable bonds is 8. The van der Waals surface area contributed by atoms with E-state index < -0.39 is 23.6 Å². The lowest BCUT2D eigenvalue weighted by atomic mass is 9.60. The smallest absolute Gasteiger partial charge is 0.318 e. The highest BCUT2D eigenvalue weighted by molar-refractivity contribution is 5.93. The first-order chi connectivity index (χ1) is 29.7. The van der Waals surface area contributed by atoms with E-state index in [0.717, 1.165) is 73.9 Å². The molecule has 14 heteroatoms. The van der Waals surface area contributed by atoms with E-state index in [-0.39, 0.29) is 54.6 Å². The Bertz CT molecular complexity index is 2380. The summed E-state index contributed by atoms with van der Waals surface area (Å²) >= 11 is 0. The number of fused-ring (bicyclic) bond motifs is 3. The van der Waals surface area contributed by atoms with Gasteiger partial charge in [0.25, 0.3) is 0 Å². The summed E-state index contributed by atoms with van der Waals surface area (Å²) in [6, 6.07) is 15.9. The molecule has 326 valence electrons. The molecule has 0 bridgehead atoms. The summed E-state index contributed by atoms with van der Waals surface area (Å²) in [6.45, 7) is 12.8. The van der Waals surface area contributed by atoms with Gasteiger partial charge in [-0.3, -0.25) is 14.5 Å². The highest BCUT2D eigenvalue weighted by atomic mass is 16.3. The minimum atomic E-state index is -0.876. The number of carbonyl (C=O) groups excluding carboxylic acids is 3. The van der Waals surface area contributed by atoms with Gasteiger partial charge in [0, 0.05) is 91.3 Å². The number of urea groups is 1. The Morgan fingerprint density at radius 2 is 1.74 bits per heavy atom. The number of aromatic hydroxyl groups is 1. The number of aromatic nitrogens is 3. The van der Waals surface area contributed by atoms with E-state index in [0.29, 0.717) is 36.4 Å². The zero-order valence-corrected chi connectivity index (χ0v) is 36.2. The number of phenols is 1. The van der Waals surface area contributed by atoms with E-state index in [2.05, 4.69) is 54.5 Å². The third kappa shape index (κ3) is 7.91. The molecule has 1 spiro atoms. The number of hydrogen-bond acceptors (Lipinski definition) is 9. The number of carbonyl (C=O) groups is 3. The van der Waals surface area contributed by atoms with Crippen molar-refractivity contribution >= 4 is 28.9 Å². The lowest BCUT2D eigenvalue weighted by Gasteiger charge is -2.61. The summed E-state index contributed by atoms with van der Waals surface area (Å²) in [6.07, 6.45) is 10.1. The first kappa shape index (κ1) is 41.8. The molecule has 1 aliphatic carbocycles. The van der Waals surface area contributed by atoms with Gasteiger partial charge in [0.1, 0.15) is 17.8 Å². The van der Waals surface area contributed by atoms with Crippen LogP contribution in [0.5, 0.6) is 5.75 Å². The molecule has 0 radical (unpaired) electrons. The van der Waals surface area contributed by atoms with Gasteiger partial charge in [-0.05, 0) is 92.6 Å². The number of terminal acetylenes is 1. The van der Waals surface area contributed by atoms with Crippen LogP contribution in [0.4, 0.5) is 4.79 Å². The summed E-state index contributed by atoms with van der Waals surface area (Å²) in [5, 5.41) is 37.1. The number of aromatic amines is 1. The van der Waals surface area contributed by atoms with Crippen LogP contribution in [0.3, 0.4) is 0 Å². The van der Waals surface area contributed by atoms with E-state index in [4.69, 9.17) is 6.42 Å². The Labute approximate surface area is 363 Å². The SMILES string of the molecule is C#Cc1ccc(CNC(=O)[C@@H]2C[C@@H](O)CN2C(=O)[C@@H](NC(=O)N2CC3(CC(N4CCC(N5CCc6[nH]c7nnc(-c8ccccc8O)cc7c6[C@H]5C)CC4)C3)C2)C(C)(C)C)cc1. The Kier molecular flexibility index (Phi) is 11.0. The van der Waals surface area contributed by atoms with Gasteiger partial charge in [0.05, 0.1) is 11.8 Å². The molecule has 62 heavy (non-hydrogen) atoms. The second kappa shape index (κ2) is 16.3. The maximum Gasteiger partial charge on any atom is 0.318 e. The molecule has 4 fully saturated rings. The molecule has 0 unspecified atom stereocenters. The highest BCUT2D eigenvalue weighted by Gasteiger charge is 2.56. The van der Waals surface area contributed by atoms with Gasteiger partial charge >= 0.3 is 6.03 Å². The predicted octanol–water partition coefficient (Wildman–Crippen LogP) is 4.56. The summed E-state index contributed by atoms with van der Waals surface area (Å²) in [5.41, 5.74) is 5.77. The topological polar surface area (TPSA) is 170 Å². The van der Waals surface area contributed by atoms with Crippen LogP contribution in [0.1, 0.15) is 88.2 Å². The molecule has 2 aromatic heterocycles. The number of para-hydroxylation sites is 1. The number of nitrogens with one attached hydrogen (secondary N) is 3. The number of aliphatic hydroxyl groups is 1. The van der Waals surface area contributed by atoms with Crippen molar-refractivity contribution in [3.05, 3.63) is 77.0 Å². The molecule has 4 aliphatic heterocycles. The largest absolute Gasteiger partial charge is 0.507 e.